The van der Waals surface area contributed by atoms with E-state index in [0.29, 0.717) is 23.8 Å². The number of likely N-dealkylation sites (N-methyl/N-ethyl adjacent to an activating group) is 1. The highest BCUT2D eigenvalue weighted by atomic mass is 16.2. The number of fused-ring (bicyclic) bond motifs is 2. The molecule has 0 N–H and O–H groups in total. The number of aromatic nitrogens is 2. The van der Waals surface area contributed by atoms with Gasteiger partial charge in [-0.3, -0.25) is 9.48 Å². The molecule has 2 aliphatic rings. The SMILES string of the molecule is CC(C)n1ccc(C(=O)N2C3CC[C@@H]2CN(C)CC3)n1. The molecule has 1 aromatic rings. The second-order valence-electron chi connectivity index (χ2n) is 6.42. The van der Waals surface area contributed by atoms with E-state index in [1.54, 1.807) is 0 Å². The molecule has 0 aliphatic carbocycles. The molecule has 0 saturated carbocycles. The zero-order valence-corrected chi connectivity index (χ0v) is 12.6. The molecule has 5 nitrogen and oxygen atoms in total. The minimum Gasteiger partial charge on any atom is -0.330 e. The number of nitrogens with zero attached hydrogens (tertiary/aromatic N) is 4. The summed E-state index contributed by atoms with van der Waals surface area (Å²) < 4.78 is 1.86. The Bertz CT molecular complexity index is 496. The van der Waals surface area contributed by atoms with Crippen LogP contribution in [0.25, 0.3) is 0 Å². The van der Waals surface area contributed by atoms with Crippen molar-refractivity contribution in [2.75, 3.05) is 20.1 Å². The fraction of sp³-hybridized carbons (Fsp3) is 0.733. The number of hydrogen-bond donors (Lipinski definition) is 0. The molecule has 2 atom stereocenters. The van der Waals surface area contributed by atoms with Gasteiger partial charge in [0.15, 0.2) is 0 Å². The van der Waals surface area contributed by atoms with Crippen molar-refractivity contribution in [2.24, 2.45) is 0 Å². The fourth-order valence-electron chi connectivity index (χ4n) is 3.45. The van der Waals surface area contributed by atoms with Crippen molar-refractivity contribution >= 4 is 5.91 Å². The van der Waals surface area contributed by atoms with Gasteiger partial charge in [0, 0.05) is 30.9 Å². The molecule has 0 aromatic carbocycles. The number of hydrogen-bond acceptors (Lipinski definition) is 3. The van der Waals surface area contributed by atoms with Gasteiger partial charge in [0.05, 0.1) is 0 Å². The first kappa shape index (κ1) is 13.6. The smallest absolute Gasteiger partial charge is 0.274 e. The molecule has 3 heterocycles. The van der Waals surface area contributed by atoms with Gasteiger partial charge < -0.3 is 9.80 Å². The number of carbonyl (C=O) groups excluding carboxylic acids is 1. The molecule has 1 amide bonds. The van der Waals surface area contributed by atoms with Crippen molar-refractivity contribution < 1.29 is 4.79 Å². The molecule has 5 heteroatoms. The molecule has 20 heavy (non-hydrogen) atoms. The highest BCUT2D eigenvalue weighted by Crippen LogP contribution is 2.31. The van der Waals surface area contributed by atoms with Crippen molar-refractivity contribution in [2.45, 2.75) is 51.2 Å². The minimum atomic E-state index is 0.118. The quantitative estimate of drug-likeness (QED) is 0.826. The van der Waals surface area contributed by atoms with Crippen molar-refractivity contribution in [3.63, 3.8) is 0 Å². The predicted molar refractivity (Wildman–Crippen MR) is 77.7 cm³/mol. The topological polar surface area (TPSA) is 41.4 Å². The Kier molecular flexibility index (Phi) is 3.54. The highest BCUT2D eigenvalue weighted by Gasteiger charge is 2.40. The van der Waals surface area contributed by atoms with E-state index in [1.807, 2.05) is 16.9 Å². The largest absolute Gasteiger partial charge is 0.330 e. The Hall–Kier alpha value is -1.36. The van der Waals surface area contributed by atoms with Crippen LogP contribution in [0.15, 0.2) is 12.3 Å². The summed E-state index contributed by atoms with van der Waals surface area (Å²) in [5.41, 5.74) is 0.597. The van der Waals surface area contributed by atoms with E-state index in [0.717, 1.165) is 32.4 Å². The van der Waals surface area contributed by atoms with Crippen LogP contribution in [-0.2, 0) is 0 Å². The summed E-state index contributed by atoms with van der Waals surface area (Å²) in [5.74, 6) is 0.118. The number of rotatable bonds is 2. The zero-order valence-electron chi connectivity index (χ0n) is 12.6. The average molecular weight is 276 g/mol. The van der Waals surface area contributed by atoms with E-state index >= 15 is 0 Å². The third-order valence-electron chi connectivity index (χ3n) is 4.58. The monoisotopic (exact) mass is 276 g/mol. The molecular weight excluding hydrogens is 252 g/mol. The van der Waals surface area contributed by atoms with E-state index in [2.05, 4.69) is 35.8 Å². The highest BCUT2D eigenvalue weighted by molar-refractivity contribution is 5.93. The average Bonchev–Trinajstić information content (AvgIpc) is 2.97. The normalized spacial score (nSPS) is 27.1. The lowest BCUT2D eigenvalue weighted by Crippen LogP contribution is -2.42. The van der Waals surface area contributed by atoms with Crippen LogP contribution in [0.3, 0.4) is 0 Å². The van der Waals surface area contributed by atoms with Crippen molar-refractivity contribution in [1.82, 2.24) is 19.6 Å². The molecule has 1 unspecified atom stereocenters. The second kappa shape index (κ2) is 5.20. The maximum atomic E-state index is 12.8. The fourth-order valence-corrected chi connectivity index (χ4v) is 3.45. The summed E-state index contributed by atoms with van der Waals surface area (Å²) in [4.78, 5) is 17.2. The summed E-state index contributed by atoms with van der Waals surface area (Å²) in [6.07, 6.45) is 5.27. The molecule has 2 bridgehead atoms. The lowest BCUT2D eigenvalue weighted by molar-refractivity contribution is 0.0666. The summed E-state index contributed by atoms with van der Waals surface area (Å²) in [7, 11) is 2.15. The maximum absolute atomic E-state index is 12.8. The number of likely N-dealkylation sites (tertiary alicyclic amines) is 1. The van der Waals surface area contributed by atoms with Gasteiger partial charge in [-0.25, -0.2) is 0 Å². The first-order valence-electron chi connectivity index (χ1n) is 7.62. The Morgan fingerprint density at radius 3 is 2.75 bits per heavy atom. The van der Waals surface area contributed by atoms with E-state index in [1.165, 1.54) is 0 Å². The third-order valence-corrected chi connectivity index (χ3v) is 4.58. The Morgan fingerprint density at radius 2 is 2.05 bits per heavy atom. The van der Waals surface area contributed by atoms with Crippen LogP contribution in [0, 0.1) is 0 Å². The Labute approximate surface area is 120 Å². The van der Waals surface area contributed by atoms with Crippen LogP contribution in [0.5, 0.6) is 0 Å². The van der Waals surface area contributed by atoms with E-state index < -0.39 is 0 Å². The van der Waals surface area contributed by atoms with Crippen LogP contribution in [-0.4, -0.2) is 57.7 Å². The molecule has 2 saturated heterocycles. The first-order valence-corrected chi connectivity index (χ1v) is 7.62. The van der Waals surface area contributed by atoms with Crippen LogP contribution in [0.2, 0.25) is 0 Å². The van der Waals surface area contributed by atoms with Crippen LogP contribution in [0.4, 0.5) is 0 Å². The van der Waals surface area contributed by atoms with E-state index in [9.17, 15) is 4.79 Å². The van der Waals surface area contributed by atoms with Gasteiger partial charge in [-0.15, -0.1) is 0 Å². The van der Waals surface area contributed by atoms with Gasteiger partial charge >= 0.3 is 0 Å². The molecule has 0 radical (unpaired) electrons. The summed E-state index contributed by atoms with van der Waals surface area (Å²) in [5, 5.41) is 4.44. The second-order valence-corrected chi connectivity index (χ2v) is 6.42. The van der Waals surface area contributed by atoms with Gasteiger partial charge in [0.2, 0.25) is 0 Å². The van der Waals surface area contributed by atoms with Gasteiger partial charge in [0.1, 0.15) is 5.69 Å². The molecule has 110 valence electrons. The van der Waals surface area contributed by atoms with Crippen LogP contribution in [0.1, 0.15) is 49.6 Å². The van der Waals surface area contributed by atoms with Crippen molar-refractivity contribution in [1.29, 1.82) is 0 Å². The van der Waals surface area contributed by atoms with Crippen molar-refractivity contribution in [3.05, 3.63) is 18.0 Å². The Balaban J connectivity index is 1.82. The van der Waals surface area contributed by atoms with Crippen LogP contribution >= 0.6 is 0 Å². The molecule has 2 aliphatic heterocycles. The summed E-state index contributed by atoms with van der Waals surface area (Å²) >= 11 is 0. The van der Waals surface area contributed by atoms with Crippen molar-refractivity contribution in [3.8, 4) is 0 Å². The predicted octanol–water partition coefficient (Wildman–Crippen LogP) is 1.77. The van der Waals surface area contributed by atoms with Gasteiger partial charge in [-0.05, 0) is 52.8 Å². The molecule has 1 aromatic heterocycles. The molecule has 0 spiro atoms. The molecule has 3 rings (SSSR count). The summed E-state index contributed by atoms with van der Waals surface area (Å²) in [6, 6.07) is 2.92. The number of amides is 1. The standard InChI is InChI=1S/C15H24N4O/c1-11(2)18-9-7-14(16-18)15(20)19-12-4-5-13(19)10-17(3)8-6-12/h7,9,11-13H,4-6,8,10H2,1-3H3/t12?,13-/m1/s1. The minimum absolute atomic E-state index is 0.118. The van der Waals surface area contributed by atoms with Gasteiger partial charge in [-0.1, -0.05) is 0 Å². The Morgan fingerprint density at radius 1 is 1.30 bits per heavy atom. The van der Waals surface area contributed by atoms with E-state index in [4.69, 9.17) is 0 Å². The lowest BCUT2D eigenvalue weighted by atomic mass is 10.1. The maximum Gasteiger partial charge on any atom is 0.274 e. The number of carbonyl (C=O) groups is 1. The molecular formula is C15H24N4O. The lowest BCUT2D eigenvalue weighted by Gasteiger charge is -2.27. The van der Waals surface area contributed by atoms with Gasteiger partial charge in [0.25, 0.3) is 5.91 Å². The van der Waals surface area contributed by atoms with Crippen LogP contribution < -0.4 is 0 Å². The zero-order chi connectivity index (χ0) is 14.3. The van der Waals surface area contributed by atoms with E-state index in [-0.39, 0.29) is 5.91 Å². The first-order chi connectivity index (χ1) is 9.56. The molecule has 2 fully saturated rings. The third kappa shape index (κ3) is 2.35. The van der Waals surface area contributed by atoms with Gasteiger partial charge in [-0.2, -0.15) is 5.10 Å². The summed E-state index contributed by atoms with van der Waals surface area (Å²) in [6.45, 7) is 6.23.